The second-order valence-electron chi connectivity index (χ2n) is 13.7. The molecule has 0 fully saturated rings. The number of hydrogen-bond donors (Lipinski definition) is 0. The Morgan fingerprint density at radius 2 is 0.743 bits per heavy atom. The van der Waals surface area contributed by atoms with Crippen molar-refractivity contribution in [1.29, 1.82) is 0 Å². The third kappa shape index (κ3) is 6.29. The van der Waals surface area contributed by atoms with E-state index in [1.807, 2.05) is 0 Å². The molecule has 0 saturated heterocycles. The predicted molar refractivity (Wildman–Crippen MR) is 162 cm³/mol. The molecular weight excluding hydrogens is 566 g/mol. The highest BCUT2D eigenvalue weighted by molar-refractivity contribution is 14.2. The van der Waals surface area contributed by atoms with Crippen LogP contribution in [0.1, 0.15) is 105 Å². The molecule has 0 heterocycles. The minimum Gasteiger partial charge on any atom is -0.496 e. The van der Waals surface area contributed by atoms with Gasteiger partial charge < -0.3 is 14.0 Å². The van der Waals surface area contributed by atoms with E-state index in [1.165, 1.54) is 0 Å². The quantitative estimate of drug-likeness (QED) is 0.257. The topological polar surface area (TPSA) is 35.5 Å². The molecule has 0 aliphatic carbocycles. The van der Waals surface area contributed by atoms with Gasteiger partial charge in [-0.05, 0) is 45.9 Å². The summed E-state index contributed by atoms with van der Waals surface area (Å²) in [6.07, 6.45) is 0. The highest BCUT2D eigenvalue weighted by atomic mass is 127. The number of ether oxygens (including phenoxy) is 2. The van der Waals surface area contributed by atoms with E-state index >= 15 is 0 Å². The zero-order valence-corrected chi connectivity index (χ0v) is 27.4. The third-order valence-corrected chi connectivity index (χ3v) is 11.6. The minimum absolute atomic E-state index is 0.162. The Hall–Kier alpha value is -1.00. The molecule has 0 aliphatic heterocycles. The first-order chi connectivity index (χ1) is 15.6. The largest absolute Gasteiger partial charge is 0.496 e. The number of rotatable bonds is 4. The monoisotopic (exact) mass is 612 g/mol. The Labute approximate surface area is 227 Å². The second kappa shape index (κ2) is 9.71. The lowest BCUT2D eigenvalue weighted by Crippen LogP contribution is -2.26. The van der Waals surface area contributed by atoms with Crippen LogP contribution in [0.4, 0.5) is 0 Å². The van der Waals surface area contributed by atoms with Crippen LogP contribution in [0.5, 0.6) is 11.5 Å². The van der Waals surface area contributed by atoms with E-state index in [9.17, 15) is 4.57 Å². The van der Waals surface area contributed by atoms with Gasteiger partial charge in [0.1, 0.15) is 11.5 Å². The molecule has 0 saturated carbocycles. The van der Waals surface area contributed by atoms with Gasteiger partial charge in [-0.1, -0.05) is 83.1 Å². The fraction of sp³-hybridized carbons (Fsp3) is 0.600. The summed E-state index contributed by atoms with van der Waals surface area (Å²) >= 11 is 2.21. The molecule has 0 unspecified atom stereocenters. The highest BCUT2D eigenvalue weighted by Crippen LogP contribution is 2.56. The van der Waals surface area contributed by atoms with Gasteiger partial charge in [-0.15, -0.1) is 0 Å². The third-order valence-electron chi connectivity index (χ3n) is 6.45. The molecule has 0 amide bonds. The molecule has 3 nitrogen and oxygen atoms in total. The van der Waals surface area contributed by atoms with E-state index < -0.39 is 4.78 Å². The zero-order chi connectivity index (χ0) is 27.4. The van der Waals surface area contributed by atoms with Gasteiger partial charge in [0.05, 0.1) is 14.2 Å². The van der Waals surface area contributed by atoms with Crippen molar-refractivity contribution in [2.75, 3.05) is 14.2 Å². The molecule has 5 heteroatoms. The van der Waals surface area contributed by atoms with Crippen LogP contribution < -0.4 is 20.1 Å². The summed E-state index contributed by atoms with van der Waals surface area (Å²) in [5.41, 5.74) is 3.69. The van der Waals surface area contributed by atoms with Gasteiger partial charge in [-0.25, -0.2) is 0 Å². The fourth-order valence-corrected chi connectivity index (χ4v) is 7.53. The Kier molecular flexibility index (Phi) is 8.38. The van der Waals surface area contributed by atoms with Gasteiger partial charge in [-0.3, -0.25) is 0 Å². The van der Waals surface area contributed by atoms with Crippen molar-refractivity contribution in [3.63, 3.8) is 0 Å². The summed E-state index contributed by atoms with van der Waals surface area (Å²) in [7, 11) is 3.47. The highest BCUT2D eigenvalue weighted by Gasteiger charge is 2.35. The Balaban J connectivity index is 3.02. The Morgan fingerprint density at radius 3 is 0.886 bits per heavy atom. The van der Waals surface area contributed by atoms with Crippen molar-refractivity contribution in [2.24, 2.45) is 0 Å². The molecule has 0 radical (unpaired) electrons. The molecule has 0 aliphatic rings. The van der Waals surface area contributed by atoms with Crippen LogP contribution in [0.3, 0.4) is 0 Å². The first-order valence-corrected chi connectivity index (χ1v) is 16.8. The average Bonchev–Trinajstić information content (AvgIpc) is 2.68. The lowest BCUT2D eigenvalue weighted by atomic mass is 9.79. The molecule has 0 N–H and O–H groups in total. The molecule has 0 atom stereocenters. The SMILES string of the molecule is COc1c(C(C)(C)C)cc(P(=O)(I)c2cc(C(C)(C)C)c(OC)c(C(C)(C)C)c2)cc1C(C)(C)C. The normalized spacial score (nSPS) is 13.7. The molecule has 2 rings (SSSR count). The molecule has 0 aromatic heterocycles. The van der Waals surface area contributed by atoms with Crippen molar-refractivity contribution in [1.82, 2.24) is 0 Å². The molecule has 2 aromatic carbocycles. The van der Waals surface area contributed by atoms with Crippen molar-refractivity contribution < 1.29 is 14.0 Å². The summed E-state index contributed by atoms with van der Waals surface area (Å²) < 4.78 is 26.7. The first kappa shape index (κ1) is 30.2. The standard InChI is InChI=1S/C30H46IO3P/c1-27(2,3)21-15-19(16-22(25(21)33-13)28(4,5)6)35(31,32)20-17-23(29(7,8)9)26(34-14)24(18-20)30(10,11)12/h15-18H,1-14H3. The molecule has 0 bridgehead atoms. The fourth-order valence-electron chi connectivity index (χ4n) is 4.38. The predicted octanol–water partition coefficient (Wildman–Crippen LogP) is 8.56. The van der Waals surface area contributed by atoms with E-state index in [1.54, 1.807) is 14.2 Å². The molecule has 2 aromatic rings. The number of benzene rings is 2. The summed E-state index contributed by atoms with van der Waals surface area (Å²) in [5, 5.41) is 1.72. The van der Waals surface area contributed by atoms with Gasteiger partial charge in [-0.2, -0.15) is 0 Å². The Morgan fingerprint density at radius 1 is 0.543 bits per heavy atom. The van der Waals surface area contributed by atoms with Crippen LogP contribution in [0.15, 0.2) is 24.3 Å². The van der Waals surface area contributed by atoms with Gasteiger partial charge in [0.25, 0.3) is 0 Å². The van der Waals surface area contributed by atoms with Gasteiger partial charge >= 0.3 is 0 Å². The lowest BCUT2D eigenvalue weighted by molar-refractivity contribution is 0.381. The van der Waals surface area contributed by atoms with Gasteiger partial charge in [0, 0.05) is 54.9 Å². The average molecular weight is 613 g/mol. The second-order valence-corrected chi connectivity index (χ2v) is 19.9. The number of methoxy groups -OCH3 is 2. The van der Waals surface area contributed by atoms with E-state index in [-0.39, 0.29) is 21.7 Å². The van der Waals surface area contributed by atoms with Crippen molar-refractivity contribution in [3.05, 3.63) is 46.5 Å². The van der Waals surface area contributed by atoms with Crippen LogP contribution in [-0.2, 0) is 26.2 Å². The Bertz CT molecular complexity index is 979. The van der Waals surface area contributed by atoms with Crippen LogP contribution in [-0.4, -0.2) is 14.2 Å². The van der Waals surface area contributed by atoms with Gasteiger partial charge in [0.15, 0.2) is 4.78 Å². The van der Waals surface area contributed by atoms with E-state index in [4.69, 9.17) is 9.47 Å². The van der Waals surface area contributed by atoms with Crippen molar-refractivity contribution >= 4 is 37.4 Å². The smallest absolute Gasteiger partial charge is 0.198 e. The summed E-state index contributed by atoms with van der Waals surface area (Å²) in [5.74, 6) is 1.79. The van der Waals surface area contributed by atoms with Crippen LogP contribution in [0, 0.1) is 0 Å². The maximum Gasteiger partial charge on any atom is 0.198 e. The van der Waals surface area contributed by atoms with Gasteiger partial charge in [0.2, 0.25) is 0 Å². The summed E-state index contributed by atoms with van der Waals surface area (Å²) in [6, 6.07) is 8.44. The summed E-state index contributed by atoms with van der Waals surface area (Å²) in [6.45, 7) is 26.2. The molecule has 0 spiro atoms. The van der Waals surface area contributed by atoms with Crippen LogP contribution in [0.2, 0.25) is 0 Å². The molecule has 35 heavy (non-hydrogen) atoms. The molecule has 196 valence electrons. The lowest BCUT2D eigenvalue weighted by Gasteiger charge is -2.32. The minimum atomic E-state index is -2.98. The van der Waals surface area contributed by atoms with E-state index in [0.29, 0.717) is 0 Å². The number of halogens is 1. The van der Waals surface area contributed by atoms with Crippen LogP contribution in [0.25, 0.3) is 0 Å². The number of hydrogen-bond acceptors (Lipinski definition) is 3. The van der Waals surface area contributed by atoms with Crippen LogP contribution >= 0.6 is 26.8 Å². The van der Waals surface area contributed by atoms with Crippen molar-refractivity contribution in [2.45, 2.75) is 105 Å². The van der Waals surface area contributed by atoms with E-state index in [2.05, 4.69) is 129 Å². The summed E-state index contributed by atoms with van der Waals surface area (Å²) in [4.78, 5) is -2.98. The maximum atomic E-state index is 14.8. The van der Waals surface area contributed by atoms with Crippen molar-refractivity contribution in [3.8, 4) is 11.5 Å². The molecular formula is C30H46IO3P. The van der Waals surface area contributed by atoms with E-state index in [0.717, 1.165) is 44.4 Å². The zero-order valence-electron chi connectivity index (χ0n) is 24.4. The maximum absolute atomic E-state index is 14.8. The first-order valence-electron chi connectivity index (χ1n) is 12.3.